The van der Waals surface area contributed by atoms with E-state index < -0.39 is 16.6 Å². The number of anilines is 1. The van der Waals surface area contributed by atoms with Crippen LogP contribution in [0.25, 0.3) is 6.08 Å². The summed E-state index contributed by atoms with van der Waals surface area (Å²) >= 11 is 3.47. The molecule has 0 aromatic heterocycles. The molecule has 10 heteroatoms. The molecular formula is C25H20BrN3O6. The Labute approximate surface area is 209 Å². The molecule has 35 heavy (non-hydrogen) atoms. The van der Waals surface area contributed by atoms with Crippen molar-refractivity contribution in [2.45, 2.75) is 13.5 Å². The van der Waals surface area contributed by atoms with Crippen LogP contribution in [-0.4, -0.2) is 22.5 Å². The van der Waals surface area contributed by atoms with E-state index in [9.17, 15) is 25.3 Å². The van der Waals surface area contributed by atoms with Gasteiger partial charge in [-0.3, -0.25) is 14.9 Å². The van der Waals surface area contributed by atoms with Crippen LogP contribution >= 0.6 is 15.9 Å². The molecule has 178 valence electrons. The zero-order valence-corrected chi connectivity index (χ0v) is 20.1. The summed E-state index contributed by atoms with van der Waals surface area (Å²) in [4.78, 5) is 22.8. The van der Waals surface area contributed by atoms with Crippen LogP contribution in [0.2, 0.25) is 0 Å². The summed E-state index contributed by atoms with van der Waals surface area (Å²) in [5.74, 6) is -0.386. The van der Waals surface area contributed by atoms with Gasteiger partial charge < -0.3 is 19.9 Å². The van der Waals surface area contributed by atoms with Gasteiger partial charge in [0.05, 0.1) is 27.8 Å². The van der Waals surface area contributed by atoms with E-state index in [0.717, 1.165) is 17.7 Å². The number of nitrogens with zero attached hydrogens (tertiary/aromatic N) is 2. The minimum Gasteiger partial charge on any atom is -0.506 e. The summed E-state index contributed by atoms with van der Waals surface area (Å²) in [5, 5.41) is 32.7. The Morgan fingerprint density at radius 2 is 1.94 bits per heavy atom. The number of ether oxygens (including phenoxy) is 2. The van der Waals surface area contributed by atoms with Gasteiger partial charge in [0.15, 0.2) is 11.5 Å². The standard InChI is InChI=1S/C25H20BrN3O6/c1-2-34-23-12-17(11-20(26)24(23)35-15-16-6-4-3-5-7-16)10-18(14-27)25(31)28-21-9-8-19(29(32)33)13-22(21)30/h3-13,30H,2,15H2,1H3,(H,28,31). The number of carbonyl (C=O) groups excluding carboxylic acids is 1. The van der Waals surface area contributed by atoms with Crippen LogP contribution in [0.15, 0.2) is 70.7 Å². The van der Waals surface area contributed by atoms with Crippen LogP contribution < -0.4 is 14.8 Å². The molecule has 0 radical (unpaired) electrons. The van der Waals surface area contributed by atoms with Crippen molar-refractivity contribution in [3.8, 4) is 23.3 Å². The Morgan fingerprint density at radius 1 is 1.20 bits per heavy atom. The lowest BCUT2D eigenvalue weighted by atomic mass is 10.1. The van der Waals surface area contributed by atoms with Gasteiger partial charge in [-0.05, 0) is 58.3 Å². The molecule has 3 aromatic rings. The van der Waals surface area contributed by atoms with Crippen LogP contribution in [0.3, 0.4) is 0 Å². The molecule has 0 saturated carbocycles. The SMILES string of the molecule is CCOc1cc(C=C(C#N)C(=O)Nc2ccc([N+](=O)[O-])cc2O)cc(Br)c1OCc1ccccc1. The minimum absolute atomic E-state index is 0.0670. The lowest BCUT2D eigenvalue weighted by molar-refractivity contribution is -0.384. The Bertz CT molecular complexity index is 1320. The smallest absolute Gasteiger partial charge is 0.273 e. The van der Waals surface area contributed by atoms with Gasteiger partial charge in [0.25, 0.3) is 11.6 Å². The van der Waals surface area contributed by atoms with E-state index in [2.05, 4.69) is 21.2 Å². The number of rotatable bonds is 9. The van der Waals surface area contributed by atoms with Crippen LogP contribution in [0.1, 0.15) is 18.1 Å². The number of hydrogen-bond donors (Lipinski definition) is 2. The number of nitrogens with one attached hydrogen (secondary N) is 1. The number of halogens is 1. The van der Waals surface area contributed by atoms with Crippen LogP contribution in [0.5, 0.6) is 17.2 Å². The lowest BCUT2D eigenvalue weighted by Crippen LogP contribution is -2.13. The fraction of sp³-hybridized carbons (Fsp3) is 0.120. The maximum Gasteiger partial charge on any atom is 0.273 e. The monoisotopic (exact) mass is 537 g/mol. The van der Waals surface area contributed by atoms with E-state index >= 15 is 0 Å². The molecule has 0 saturated heterocycles. The van der Waals surface area contributed by atoms with Gasteiger partial charge >= 0.3 is 0 Å². The largest absolute Gasteiger partial charge is 0.506 e. The fourth-order valence-corrected chi connectivity index (χ4v) is 3.62. The van der Waals surface area contributed by atoms with Gasteiger partial charge in [0.2, 0.25) is 0 Å². The molecule has 0 bridgehead atoms. The highest BCUT2D eigenvalue weighted by Crippen LogP contribution is 2.38. The van der Waals surface area contributed by atoms with Gasteiger partial charge in [-0.15, -0.1) is 0 Å². The van der Waals surface area contributed by atoms with Crippen molar-refractivity contribution < 1.29 is 24.3 Å². The van der Waals surface area contributed by atoms with Crippen LogP contribution in [-0.2, 0) is 11.4 Å². The van der Waals surface area contributed by atoms with Crippen molar-refractivity contribution in [3.05, 3.63) is 92.0 Å². The molecule has 2 N–H and O–H groups in total. The van der Waals surface area contributed by atoms with E-state index in [-0.39, 0.29) is 16.9 Å². The van der Waals surface area contributed by atoms with E-state index in [0.29, 0.717) is 34.7 Å². The number of nitriles is 1. The summed E-state index contributed by atoms with van der Waals surface area (Å²) in [7, 11) is 0. The Hall–Kier alpha value is -4.36. The highest BCUT2D eigenvalue weighted by atomic mass is 79.9. The third-order valence-corrected chi connectivity index (χ3v) is 5.26. The first-order valence-electron chi connectivity index (χ1n) is 10.4. The molecule has 0 spiro atoms. The summed E-state index contributed by atoms with van der Waals surface area (Å²) in [6, 6.07) is 18.0. The third kappa shape index (κ3) is 6.59. The number of phenols is 1. The predicted molar refractivity (Wildman–Crippen MR) is 133 cm³/mol. The Balaban J connectivity index is 1.85. The topological polar surface area (TPSA) is 135 Å². The Kier molecular flexibility index (Phi) is 8.43. The summed E-state index contributed by atoms with van der Waals surface area (Å²) in [6.07, 6.45) is 1.35. The van der Waals surface area contributed by atoms with Crippen LogP contribution in [0.4, 0.5) is 11.4 Å². The normalized spacial score (nSPS) is 10.8. The molecule has 0 aliphatic heterocycles. The van der Waals surface area contributed by atoms with Gasteiger partial charge in [-0.1, -0.05) is 30.3 Å². The number of aromatic hydroxyl groups is 1. The second-order valence-corrected chi connectivity index (χ2v) is 7.97. The predicted octanol–water partition coefficient (Wildman–Crippen LogP) is 5.59. The number of nitro groups is 1. The highest BCUT2D eigenvalue weighted by molar-refractivity contribution is 9.10. The van der Waals surface area contributed by atoms with Gasteiger partial charge in [0, 0.05) is 6.07 Å². The number of non-ortho nitro benzene ring substituents is 1. The number of hydrogen-bond acceptors (Lipinski definition) is 7. The fourth-order valence-electron chi connectivity index (χ4n) is 3.05. The zero-order valence-electron chi connectivity index (χ0n) is 18.5. The number of benzene rings is 3. The first-order chi connectivity index (χ1) is 16.8. The molecular weight excluding hydrogens is 518 g/mol. The number of phenolic OH excluding ortho intramolecular Hbond substituents is 1. The second-order valence-electron chi connectivity index (χ2n) is 7.12. The summed E-state index contributed by atoms with van der Waals surface area (Å²) < 4.78 is 12.2. The van der Waals surface area contributed by atoms with Crippen molar-refractivity contribution in [3.63, 3.8) is 0 Å². The van der Waals surface area contributed by atoms with Crippen molar-refractivity contribution in [1.29, 1.82) is 5.26 Å². The number of amides is 1. The van der Waals surface area contributed by atoms with E-state index in [1.807, 2.05) is 43.3 Å². The lowest BCUT2D eigenvalue weighted by Gasteiger charge is -2.15. The van der Waals surface area contributed by atoms with Crippen molar-refractivity contribution in [2.75, 3.05) is 11.9 Å². The van der Waals surface area contributed by atoms with E-state index in [4.69, 9.17) is 9.47 Å². The van der Waals surface area contributed by atoms with E-state index in [1.54, 1.807) is 12.1 Å². The molecule has 0 aliphatic rings. The molecule has 0 fully saturated rings. The first-order valence-corrected chi connectivity index (χ1v) is 11.1. The molecule has 3 aromatic carbocycles. The second kappa shape index (κ2) is 11.7. The molecule has 3 rings (SSSR count). The van der Waals surface area contributed by atoms with Crippen molar-refractivity contribution >= 4 is 39.3 Å². The summed E-state index contributed by atoms with van der Waals surface area (Å²) in [6.45, 7) is 2.51. The average molecular weight is 538 g/mol. The summed E-state index contributed by atoms with van der Waals surface area (Å²) in [5.41, 5.74) is 0.813. The zero-order chi connectivity index (χ0) is 25.4. The van der Waals surface area contributed by atoms with Crippen molar-refractivity contribution in [2.24, 2.45) is 0 Å². The average Bonchev–Trinajstić information content (AvgIpc) is 2.84. The minimum atomic E-state index is -0.796. The highest BCUT2D eigenvalue weighted by Gasteiger charge is 2.17. The molecule has 0 aliphatic carbocycles. The molecule has 0 atom stereocenters. The maximum atomic E-state index is 12.6. The maximum absolute atomic E-state index is 12.6. The quantitative estimate of drug-likeness (QED) is 0.119. The molecule has 0 unspecified atom stereocenters. The third-order valence-electron chi connectivity index (χ3n) is 4.67. The van der Waals surface area contributed by atoms with Crippen LogP contribution in [0, 0.1) is 21.4 Å². The number of carbonyl (C=O) groups is 1. The van der Waals surface area contributed by atoms with E-state index in [1.165, 1.54) is 12.1 Å². The Morgan fingerprint density at radius 3 is 2.57 bits per heavy atom. The molecule has 0 heterocycles. The first kappa shape index (κ1) is 25.3. The molecule has 1 amide bonds. The molecule has 9 nitrogen and oxygen atoms in total. The van der Waals surface area contributed by atoms with Gasteiger partial charge in [-0.2, -0.15) is 5.26 Å². The van der Waals surface area contributed by atoms with Crippen molar-refractivity contribution in [1.82, 2.24) is 0 Å². The number of nitro benzene ring substituents is 1. The van der Waals surface area contributed by atoms with Gasteiger partial charge in [0.1, 0.15) is 24.0 Å². The van der Waals surface area contributed by atoms with Gasteiger partial charge in [-0.25, -0.2) is 0 Å².